The third kappa shape index (κ3) is 3.32. The molecule has 0 bridgehead atoms. The minimum absolute atomic E-state index is 0.155. The van der Waals surface area contributed by atoms with Gasteiger partial charge in [0.25, 0.3) is 0 Å². The van der Waals surface area contributed by atoms with E-state index in [2.05, 4.69) is 4.98 Å². The van der Waals surface area contributed by atoms with E-state index in [-0.39, 0.29) is 11.7 Å². The second-order valence-corrected chi connectivity index (χ2v) is 6.13. The summed E-state index contributed by atoms with van der Waals surface area (Å²) in [6.07, 6.45) is 4.69. The highest BCUT2D eigenvalue weighted by atomic mass is 16.3. The predicted octanol–water partition coefficient (Wildman–Crippen LogP) is 2.55. The monoisotopic (exact) mass is 351 g/mol. The normalized spacial score (nSPS) is 11.3. The number of fused-ring (bicyclic) bond motifs is 1. The molecule has 0 atom stereocenters. The van der Waals surface area contributed by atoms with Crippen molar-refractivity contribution in [3.05, 3.63) is 53.4 Å². The van der Waals surface area contributed by atoms with Crippen LogP contribution in [0.1, 0.15) is 16.9 Å². The zero-order valence-corrected chi connectivity index (χ0v) is 14.7. The Morgan fingerprint density at radius 1 is 1.27 bits per heavy atom. The van der Waals surface area contributed by atoms with Crippen LogP contribution in [0.3, 0.4) is 0 Å². The number of furan rings is 1. The van der Waals surface area contributed by atoms with Crippen LogP contribution >= 0.6 is 0 Å². The number of carbonyl (C=O) groups is 1. The molecule has 26 heavy (non-hydrogen) atoms. The number of hydrogen-bond acceptors (Lipinski definition) is 6. The SMILES string of the molecule is Cc1oc2c(N)cccc2c1CN(C)C(=O)/C=C/c1cnc(N)c(N)c1. The molecule has 0 saturated heterocycles. The van der Waals surface area contributed by atoms with Gasteiger partial charge < -0.3 is 26.5 Å². The first-order valence-corrected chi connectivity index (χ1v) is 8.07. The highest BCUT2D eigenvalue weighted by Gasteiger charge is 2.16. The molecule has 134 valence electrons. The van der Waals surface area contributed by atoms with Crippen molar-refractivity contribution >= 4 is 40.1 Å². The molecule has 0 aliphatic heterocycles. The van der Waals surface area contributed by atoms with E-state index >= 15 is 0 Å². The first kappa shape index (κ1) is 17.3. The van der Waals surface area contributed by atoms with Crippen LogP contribution in [0.15, 0.2) is 41.0 Å². The molecule has 1 aromatic carbocycles. The number of benzene rings is 1. The molecule has 0 saturated carbocycles. The van der Waals surface area contributed by atoms with Crippen LogP contribution < -0.4 is 17.2 Å². The summed E-state index contributed by atoms with van der Waals surface area (Å²) < 4.78 is 5.75. The van der Waals surface area contributed by atoms with Crippen LogP contribution in [0.25, 0.3) is 17.0 Å². The van der Waals surface area contributed by atoms with Gasteiger partial charge in [-0.2, -0.15) is 0 Å². The average molecular weight is 351 g/mol. The van der Waals surface area contributed by atoms with Gasteiger partial charge in [0.15, 0.2) is 5.58 Å². The van der Waals surface area contributed by atoms with E-state index in [9.17, 15) is 4.79 Å². The van der Waals surface area contributed by atoms with E-state index in [1.807, 2.05) is 19.1 Å². The number of likely N-dealkylation sites (N-methyl/N-ethyl adjacent to an activating group) is 1. The molecule has 3 aromatic rings. The fraction of sp³-hybridized carbons (Fsp3) is 0.158. The molecule has 0 aliphatic rings. The molecule has 6 N–H and O–H groups in total. The van der Waals surface area contributed by atoms with Gasteiger partial charge in [0.2, 0.25) is 5.91 Å². The molecular weight excluding hydrogens is 330 g/mol. The predicted molar refractivity (Wildman–Crippen MR) is 104 cm³/mol. The van der Waals surface area contributed by atoms with Gasteiger partial charge in [-0.05, 0) is 30.7 Å². The number of aromatic nitrogens is 1. The molecule has 1 amide bonds. The lowest BCUT2D eigenvalue weighted by Gasteiger charge is -2.15. The number of aryl methyl sites for hydroxylation is 1. The summed E-state index contributed by atoms with van der Waals surface area (Å²) in [5.74, 6) is 0.863. The van der Waals surface area contributed by atoms with Gasteiger partial charge in [-0.1, -0.05) is 12.1 Å². The molecule has 7 nitrogen and oxygen atoms in total. The number of anilines is 3. The Hall–Kier alpha value is -3.48. The molecule has 2 aromatic heterocycles. The summed E-state index contributed by atoms with van der Waals surface area (Å²) >= 11 is 0. The van der Waals surface area contributed by atoms with Crippen LogP contribution in [0.4, 0.5) is 17.2 Å². The van der Waals surface area contributed by atoms with Gasteiger partial charge in [-0.25, -0.2) is 4.98 Å². The topological polar surface area (TPSA) is 124 Å². The van der Waals surface area contributed by atoms with Crippen molar-refractivity contribution in [2.75, 3.05) is 24.2 Å². The maximum absolute atomic E-state index is 12.4. The van der Waals surface area contributed by atoms with Crippen molar-refractivity contribution in [3.8, 4) is 0 Å². The summed E-state index contributed by atoms with van der Waals surface area (Å²) in [7, 11) is 1.73. The van der Waals surface area contributed by atoms with Crippen molar-refractivity contribution in [1.29, 1.82) is 0 Å². The van der Waals surface area contributed by atoms with Crippen LogP contribution in [0.2, 0.25) is 0 Å². The van der Waals surface area contributed by atoms with Crippen LogP contribution in [-0.2, 0) is 11.3 Å². The highest BCUT2D eigenvalue weighted by Crippen LogP contribution is 2.30. The Balaban J connectivity index is 1.77. The molecule has 0 fully saturated rings. The molecule has 3 rings (SSSR count). The quantitative estimate of drug-likeness (QED) is 0.490. The van der Waals surface area contributed by atoms with E-state index in [0.717, 1.165) is 16.7 Å². The van der Waals surface area contributed by atoms with Crippen molar-refractivity contribution in [3.63, 3.8) is 0 Å². The largest absolute Gasteiger partial charge is 0.459 e. The van der Waals surface area contributed by atoms with E-state index < -0.39 is 0 Å². The van der Waals surface area contributed by atoms with E-state index in [1.54, 1.807) is 36.4 Å². The lowest BCUT2D eigenvalue weighted by molar-refractivity contribution is -0.125. The molecular formula is C19H21N5O2. The molecule has 0 radical (unpaired) electrons. The Kier molecular flexibility index (Phi) is 4.53. The zero-order chi connectivity index (χ0) is 18.8. The van der Waals surface area contributed by atoms with Crippen molar-refractivity contribution in [1.82, 2.24) is 9.88 Å². The maximum atomic E-state index is 12.4. The lowest BCUT2D eigenvalue weighted by atomic mass is 10.1. The summed E-state index contributed by atoms with van der Waals surface area (Å²) in [5.41, 5.74) is 20.5. The fourth-order valence-corrected chi connectivity index (χ4v) is 2.72. The van der Waals surface area contributed by atoms with Gasteiger partial charge in [-0.15, -0.1) is 0 Å². The fourth-order valence-electron chi connectivity index (χ4n) is 2.72. The number of carbonyl (C=O) groups excluding carboxylic acids is 1. The molecule has 0 unspecified atom stereocenters. The minimum Gasteiger partial charge on any atom is -0.459 e. The lowest BCUT2D eigenvalue weighted by Crippen LogP contribution is -2.24. The minimum atomic E-state index is -0.155. The number of rotatable bonds is 4. The second kappa shape index (κ2) is 6.79. The van der Waals surface area contributed by atoms with E-state index in [1.165, 1.54) is 6.08 Å². The smallest absolute Gasteiger partial charge is 0.246 e. The van der Waals surface area contributed by atoms with Crippen molar-refractivity contribution in [2.24, 2.45) is 0 Å². The number of nitrogens with zero attached hydrogens (tertiary/aromatic N) is 2. The summed E-state index contributed by atoms with van der Waals surface area (Å²) in [6, 6.07) is 7.27. The van der Waals surface area contributed by atoms with Crippen LogP contribution in [0, 0.1) is 6.92 Å². The van der Waals surface area contributed by atoms with Gasteiger partial charge >= 0.3 is 0 Å². The summed E-state index contributed by atoms with van der Waals surface area (Å²) in [6.45, 7) is 2.28. The Bertz CT molecular complexity index is 1010. The van der Waals surface area contributed by atoms with Crippen LogP contribution in [-0.4, -0.2) is 22.8 Å². The van der Waals surface area contributed by atoms with Crippen molar-refractivity contribution < 1.29 is 9.21 Å². The standard InChI is InChI=1S/C19H21N5O2/c1-11-14(13-4-3-5-15(20)18(13)26-11)10-24(2)17(25)7-6-12-8-16(21)19(22)23-9-12/h3-9H,10,20-21H2,1-2H3,(H2,22,23)/b7-6+. The van der Waals surface area contributed by atoms with E-state index in [4.69, 9.17) is 21.6 Å². The highest BCUT2D eigenvalue weighted by molar-refractivity contribution is 5.93. The molecule has 0 spiro atoms. The first-order valence-electron chi connectivity index (χ1n) is 8.07. The number of nitrogen functional groups attached to an aromatic ring is 3. The summed E-state index contributed by atoms with van der Waals surface area (Å²) in [4.78, 5) is 18.0. The van der Waals surface area contributed by atoms with Crippen molar-refractivity contribution in [2.45, 2.75) is 13.5 Å². The van der Waals surface area contributed by atoms with Crippen LogP contribution in [0.5, 0.6) is 0 Å². The molecule has 2 heterocycles. The number of para-hydroxylation sites is 1. The van der Waals surface area contributed by atoms with Gasteiger partial charge in [0.05, 0.1) is 11.4 Å². The third-order valence-corrected chi connectivity index (χ3v) is 4.21. The molecule has 7 heteroatoms. The Morgan fingerprint density at radius 2 is 2.04 bits per heavy atom. The zero-order valence-electron chi connectivity index (χ0n) is 14.7. The number of pyridine rings is 1. The first-order chi connectivity index (χ1) is 12.4. The summed E-state index contributed by atoms with van der Waals surface area (Å²) in [5, 5.41) is 0.918. The second-order valence-electron chi connectivity index (χ2n) is 6.13. The average Bonchev–Trinajstić information content (AvgIpc) is 2.93. The number of nitrogens with two attached hydrogens (primary N) is 3. The third-order valence-electron chi connectivity index (χ3n) is 4.21. The Labute approximate surface area is 151 Å². The van der Waals surface area contributed by atoms with Gasteiger partial charge in [0, 0.05) is 36.8 Å². The number of hydrogen-bond donors (Lipinski definition) is 3. The van der Waals surface area contributed by atoms with Gasteiger partial charge in [0.1, 0.15) is 11.6 Å². The molecule has 0 aliphatic carbocycles. The van der Waals surface area contributed by atoms with Gasteiger partial charge in [-0.3, -0.25) is 4.79 Å². The maximum Gasteiger partial charge on any atom is 0.246 e. The Morgan fingerprint density at radius 3 is 2.77 bits per heavy atom. The number of amides is 1. The van der Waals surface area contributed by atoms with E-state index in [0.29, 0.717) is 29.1 Å².